The average Bonchev–Trinajstić information content (AvgIpc) is 2.48. The topological polar surface area (TPSA) is 50.4 Å². The molecule has 0 aliphatic rings. The normalized spacial score (nSPS) is 10.0. The van der Waals surface area contributed by atoms with E-state index in [0.717, 1.165) is 4.47 Å². The van der Waals surface area contributed by atoms with E-state index < -0.39 is 5.82 Å². The Hall–Kier alpha value is -2.08. The van der Waals surface area contributed by atoms with Gasteiger partial charge in [0.05, 0.1) is 19.3 Å². The average molecular weight is 353 g/mol. The highest BCUT2D eigenvalue weighted by Gasteiger charge is 2.07. The monoisotopic (exact) mass is 352 g/mol. The molecule has 1 amide bonds. The van der Waals surface area contributed by atoms with Gasteiger partial charge in [-0.3, -0.25) is 4.79 Å². The molecule has 0 unspecified atom stereocenters. The molecule has 0 aliphatic carbocycles. The van der Waals surface area contributed by atoms with Gasteiger partial charge in [-0.25, -0.2) is 4.39 Å². The van der Waals surface area contributed by atoms with Gasteiger partial charge >= 0.3 is 0 Å². The van der Waals surface area contributed by atoms with E-state index in [4.69, 9.17) is 4.74 Å². The summed E-state index contributed by atoms with van der Waals surface area (Å²) in [5.74, 6) is -0.537. The largest absolute Gasteiger partial charge is 0.494 e. The van der Waals surface area contributed by atoms with E-state index >= 15 is 0 Å². The predicted molar refractivity (Wildman–Crippen MR) is 84.2 cm³/mol. The van der Waals surface area contributed by atoms with Gasteiger partial charge in [-0.2, -0.15) is 0 Å². The number of nitrogens with one attached hydrogen (secondary N) is 2. The molecule has 0 atom stereocenters. The summed E-state index contributed by atoms with van der Waals surface area (Å²) in [6, 6.07) is 11.7. The number of methoxy groups -OCH3 is 1. The van der Waals surface area contributed by atoms with Gasteiger partial charge in [0.15, 0.2) is 11.6 Å². The van der Waals surface area contributed by atoms with E-state index in [-0.39, 0.29) is 18.2 Å². The zero-order valence-electron chi connectivity index (χ0n) is 11.3. The van der Waals surface area contributed by atoms with Gasteiger partial charge in [0, 0.05) is 16.2 Å². The Balaban J connectivity index is 1.92. The highest BCUT2D eigenvalue weighted by molar-refractivity contribution is 9.10. The first-order valence-electron chi connectivity index (χ1n) is 6.22. The van der Waals surface area contributed by atoms with Crippen molar-refractivity contribution in [3.05, 3.63) is 52.8 Å². The molecule has 2 rings (SSSR count). The number of carbonyl (C=O) groups excluding carboxylic acids is 1. The predicted octanol–water partition coefficient (Wildman–Crippen LogP) is 3.65. The van der Waals surface area contributed by atoms with Crippen LogP contribution in [0.4, 0.5) is 15.8 Å². The van der Waals surface area contributed by atoms with Crippen molar-refractivity contribution in [3.63, 3.8) is 0 Å². The minimum Gasteiger partial charge on any atom is -0.494 e. The maximum Gasteiger partial charge on any atom is 0.243 e. The lowest BCUT2D eigenvalue weighted by Gasteiger charge is -2.10. The molecule has 0 radical (unpaired) electrons. The first-order chi connectivity index (χ1) is 10.1. The number of amides is 1. The Morgan fingerprint density at radius 1 is 1.29 bits per heavy atom. The third-order valence-electron chi connectivity index (χ3n) is 2.75. The van der Waals surface area contributed by atoms with Crippen molar-refractivity contribution >= 4 is 33.2 Å². The molecular weight excluding hydrogens is 339 g/mol. The van der Waals surface area contributed by atoms with Gasteiger partial charge in [0.1, 0.15) is 0 Å². The van der Waals surface area contributed by atoms with Gasteiger partial charge in [0.2, 0.25) is 5.91 Å². The second-order valence-corrected chi connectivity index (χ2v) is 5.09. The Morgan fingerprint density at radius 3 is 2.71 bits per heavy atom. The number of anilines is 2. The molecule has 6 heteroatoms. The van der Waals surface area contributed by atoms with Crippen molar-refractivity contribution in [2.24, 2.45) is 0 Å². The number of para-hydroxylation sites is 1. The summed E-state index contributed by atoms with van der Waals surface area (Å²) in [6.45, 7) is 0.0348. The Bertz CT molecular complexity index is 649. The first kappa shape index (κ1) is 15.3. The van der Waals surface area contributed by atoms with Crippen LogP contribution in [0.25, 0.3) is 0 Å². The fourth-order valence-corrected chi connectivity index (χ4v) is 2.10. The molecule has 2 N–H and O–H groups in total. The van der Waals surface area contributed by atoms with Crippen LogP contribution < -0.4 is 15.4 Å². The summed E-state index contributed by atoms with van der Waals surface area (Å²) in [5, 5.41) is 5.60. The van der Waals surface area contributed by atoms with E-state index in [1.807, 2.05) is 18.2 Å². The molecule has 0 spiro atoms. The van der Waals surface area contributed by atoms with Crippen LogP contribution in [0.15, 0.2) is 46.9 Å². The molecule has 110 valence electrons. The summed E-state index contributed by atoms with van der Waals surface area (Å²) >= 11 is 3.35. The van der Waals surface area contributed by atoms with Crippen LogP contribution >= 0.6 is 15.9 Å². The summed E-state index contributed by atoms with van der Waals surface area (Å²) < 4.78 is 19.1. The number of carbonyl (C=O) groups is 1. The van der Waals surface area contributed by atoms with Gasteiger partial charge in [-0.15, -0.1) is 0 Å². The van der Waals surface area contributed by atoms with Gasteiger partial charge < -0.3 is 15.4 Å². The van der Waals surface area contributed by atoms with Crippen molar-refractivity contribution in [2.75, 3.05) is 24.3 Å². The van der Waals surface area contributed by atoms with Crippen LogP contribution in [-0.2, 0) is 4.79 Å². The second-order valence-electron chi connectivity index (χ2n) is 4.23. The minimum absolute atomic E-state index is 0.0348. The zero-order valence-corrected chi connectivity index (χ0v) is 12.9. The maximum atomic E-state index is 13.5. The SMILES string of the molecule is COc1ccc(NCC(=O)Nc2ccccc2Br)cc1F. The van der Waals surface area contributed by atoms with E-state index in [2.05, 4.69) is 26.6 Å². The number of ether oxygens (including phenoxy) is 1. The number of halogens is 2. The number of hydrogen-bond donors (Lipinski definition) is 2. The highest BCUT2D eigenvalue weighted by atomic mass is 79.9. The molecule has 0 heterocycles. The summed E-state index contributed by atoms with van der Waals surface area (Å²) in [7, 11) is 1.40. The lowest BCUT2D eigenvalue weighted by Crippen LogP contribution is -2.21. The molecule has 0 saturated heterocycles. The third kappa shape index (κ3) is 4.19. The van der Waals surface area contributed by atoms with Gasteiger partial charge in [0.25, 0.3) is 0 Å². The fourth-order valence-electron chi connectivity index (χ4n) is 1.72. The van der Waals surface area contributed by atoms with Crippen LogP contribution in [0.5, 0.6) is 5.75 Å². The van der Waals surface area contributed by atoms with E-state index in [0.29, 0.717) is 11.4 Å². The molecule has 0 aromatic heterocycles. The molecular formula is C15H14BrFN2O2. The number of benzene rings is 2. The first-order valence-corrected chi connectivity index (χ1v) is 7.01. The number of rotatable bonds is 5. The molecule has 0 fully saturated rings. The standard InChI is InChI=1S/C15H14BrFN2O2/c1-21-14-7-6-10(8-12(14)17)18-9-15(20)19-13-5-3-2-4-11(13)16/h2-8,18H,9H2,1H3,(H,19,20). The van der Waals surface area contributed by atoms with Gasteiger partial charge in [-0.1, -0.05) is 12.1 Å². The molecule has 2 aromatic rings. The molecule has 0 bridgehead atoms. The molecule has 0 aliphatic heterocycles. The van der Waals surface area contributed by atoms with Crippen LogP contribution in [0.1, 0.15) is 0 Å². The number of hydrogen-bond acceptors (Lipinski definition) is 3. The van der Waals surface area contributed by atoms with E-state index in [9.17, 15) is 9.18 Å². The lowest BCUT2D eigenvalue weighted by molar-refractivity contribution is -0.114. The summed E-state index contributed by atoms with van der Waals surface area (Å²) in [6.07, 6.45) is 0. The summed E-state index contributed by atoms with van der Waals surface area (Å²) in [5.41, 5.74) is 1.20. The second kappa shape index (κ2) is 7.08. The minimum atomic E-state index is -0.478. The van der Waals surface area contributed by atoms with Crippen LogP contribution in [0, 0.1) is 5.82 Å². The highest BCUT2D eigenvalue weighted by Crippen LogP contribution is 2.22. The van der Waals surface area contributed by atoms with Crippen molar-refractivity contribution in [3.8, 4) is 5.75 Å². The van der Waals surface area contributed by atoms with E-state index in [1.165, 1.54) is 19.2 Å². The fraction of sp³-hybridized carbons (Fsp3) is 0.133. The zero-order chi connectivity index (χ0) is 15.2. The van der Waals surface area contributed by atoms with Crippen LogP contribution in [0.3, 0.4) is 0 Å². The van der Waals surface area contributed by atoms with Crippen molar-refractivity contribution in [2.45, 2.75) is 0 Å². The maximum absolute atomic E-state index is 13.5. The van der Waals surface area contributed by atoms with Crippen molar-refractivity contribution in [1.29, 1.82) is 0 Å². The Labute approximate surface area is 130 Å². The lowest BCUT2D eigenvalue weighted by atomic mass is 10.3. The van der Waals surface area contributed by atoms with Crippen molar-refractivity contribution < 1.29 is 13.9 Å². The third-order valence-corrected chi connectivity index (χ3v) is 3.44. The smallest absolute Gasteiger partial charge is 0.243 e. The summed E-state index contributed by atoms with van der Waals surface area (Å²) in [4.78, 5) is 11.8. The Kier molecular flexibility index (Phi) is 5.16. The molecule has 0 saturated carbocycles. The van der Waals surface area contributed by atoms with E-state index in [1.54, 1.807) is 12.1 Å². The Morgan fingerprint density at radius 2 is 2.05 bits per heavy atom. The van der Waals surface area contributed by atoms with Crippen molar-refractivity contribution in [1.82, 2.24) is 0 Å². The van der Waals surface area contributed by atoms with Crippen LogP contribution in [-0.4, -0.2) is 19.6 Å². The molecule has 2 aromatic carbocycles. The molecule has 4 nitrogen and oxygen atoms in total. The van der Waals surface area contributed by atoms with Gasteiger partial charge in [-0.05, 0) is 40.2 Å². The quantitative estimate of drug-likeness (QED) is 0.863. The van der Waals surface area contributed by atoms with Crippen LogP contribution in [0.2, 0.25) is 0 Å². The molecule has 21 heavy (non-hydrogen) atoms.